The summed E-state index contributed by atoms with van der Waals surface area (Å²) in [7, 11) is 0. The Morgan fingerprint density at radius 2 is 1.59 bits per heavy atom. The largest absolute Gasteiger partial charge is 0.489 e. The van der Waals surface area contributed by atoms with E-state index in [-0.39, 0.29) is 35.6 Å². The Bertz CT molecular complexity index is 2350. The van der Waals surface area contributed by atoms with Crippen molar-refractivity contribution in [2.24, 2.45) is 0 Å². The Balaban J connectivity index is 1.46. The van der Waals surface area contributed by atoms with Crippen molar-refractivity contribution in [2.75, 3.05) is 5.32 Å². The number of hydrogen-bond donors (Lipinski definition) is 1. The fraction of sp³-hybridized carbons (Fsp3) is 0.362. The Hall–Kier alpha value is -5.25. The molecule has 1 aliphatic heterocycles. The third-order valence-corrected chi connectivity index (χ3v) is 9.22. The minimum absolute atomic E-state index is 0.0201. The number of ether oxygens (including phenoxy) is 4. The first kappa shape index (κ1) is 34.0. The third kappa shape index (κ3) is 10.3. The van der Waals surface area contributed by atoms with Gasteiger partial charge in [0, 0.05) is 29.9 Å². The van der Waals surface area contributed by atoms with E-state index in [0.717, 1.165) is 5.56 Å². The normalized spacial score (nSPS) is 18.0. The van der Waals surface area contributed by atoms with Crippen molar-refractivity contribution in [2.45, 2.75) is 110 Å². The summed E-state index contributed by atoms with van der Waals surface area (Å²) in [6, 6.07) is 19.5. The molecule has 2 atom stereocenters. The Labute approximate surface area is 337 Å². The van der Waals surface area contributed by atoms with Crippen LogP contribution < -0.4 is 10.1 Å². The molecule has 0 bridgehead atoms. The van der Waals surface area contributed by atoms with E-state index in [0.29, 0.717) is 47.8 Å². The minimum Gasteiger partial charge on any atom is -0.489 e. The average Bonchev–Trinajstić information content (AvgIpc) is 3.52. The lowest BCUT2D eigenvalue weighted by atomic mass is 9.94. The molecule has 56 heavy (non-hydrogen) atoms. The van der Waals surface area contributed by atoms with Crippen molar-refractivity contribution in [3.8, 4) is 28.1 Å². The Kier molecular flexibility index (Phi) is 10.5. The summed E-state index contributed by atoms with van der Waals surface area (Å²) in [5, 5.41) is 3.00. The number of anilines is 1. The summed E-state index contributed by atoms with van der Waals surface area (Å²) in [6.07, 6.45) is -0.185. The summed E-state index contributed by atoms with van der Waals surface area (Å²) in [6.45, 7) is 13.4. The van der Waals surface area contributed by atoms with Gasteiger partial charge in [-0.1, -0.05) is 74.4 Å². The second kappa shape index (κ2) is 17.3. The topological polar surface area (TPSA) is 88.0 Å². The summed E-state index contributed by atoms with van der Waals surface area (Å²) < 4.78 is 84.4. The van der Waals surface area contributed by atoms with Crippen LogP contribution in [0.3, 0.4) is 0 Å². The van der Waals surface area contributed by atoms with Crippen LogP contribution in [0.1, 0.15) is 102 Å². The lowest BCUT2D eigenvalue weighted by Crippen LogP contribution is -2.46. The number of hydrogen-bond acceptors (Lipinski definition) is 6. The number of nitrogens with one attached hydrogen (secondary N) is 1. The van der Waals surface area contributed by atoms with E-state index in [4.69, 9.17) is 25.8 Å². The molecular weight excluding hydrogens is 708 g/mol. The minimum atomic E-state index is -1.04. The van der Waals surface area contributed by atoms with Crippen molar-refractivity contribution in [3.63, 3.8) is 0 Å². The van der Waals surface area contributed by atoms with Gasteiger partial charge in [0.2, 0.25) is 0 Å². The van der Waals surface area contributed by atoms with Gasteiger partial charge in [-0.25, -0.2) is 4.39 Å². The lowest BCUT2D eigenvalue weighted by Gasteiger charge is -2.41. The van der Waals surface area contributed by atoms with Crippen LogP contribution in [0.25, 0.3) is 22.4 Å². The molecule has 2 heterocycles. The van der Waals surface area contributed by atoms with Gasteiger partial charge in [-0.3, -0.25) is 9.59 Å². The molecule has 0 aliphatic carbocycles. The zero-order chi connectivity index (χ0) is 44.4. The summed E-state index contributed by atoms with van der Waals surface area (Å²) in [5.74, 6) is -2.28. The van der Waals surface area contributed by atoms with E-state index in [1.165, 1.54) is 12.1 Å². The number of esters is 1. The molecule has 5 aromatic rings. The molecule has 1 fully saturated rings. The monoisotopic (exact) mass is 765 g/mol. The van der Waals surface area contributed by atoms with Gasteiger partial charge in [-0.15, -0.1) is 0 Å². The fourth-order valence-electron chi connectivity index (χ4n) is 7.16. The maximum atomic E-state index is 14.9. The van der Waals surface area contributed by atoms with E-state index >= 15 is 0 Å². The molecule has 0 radical (unpaired) electrons. The second-order valence-electron chi connectivity index (χ2n) is 15.7. The quantitative estimate of drug-likeness (QED) is 0.120. The number of nitrogens with zero attached hydrogens (tertiary/aromatic N) is 1. The van der Waals surface area contributed by atoms with Gasteiger partial charge in [0.1, 0.15) is 23.8 Å². The van der Waals surface area contributed by atoms with Gasteiger partial charge in [0.25, 0.3) is 5.91 Å². The van der Waals surface area contributed by atoms with E-state index in [1.807, 2.05) is 48.7 Å². The molecule has 1 aromatic heterocycles. The van der Waals surface area contributed by atoms with Crippen LogP contribution in [0.15, 0.2) is 109 Å². The number of rotatable bonds is 13. The maximum absolute atomic E-state index is 14.9. The van der Waals surface area contributed by atoms with E-state index in [1.54, 1.807) is 71.0 Å². The van der Waals surface area contributed by atoms with Gasteiger partial charge in [-0.05, 0) is 112 Å². The van der Waals surface area contributed by atoms with Crippen molar-refractivity contribution in [1.29, 1.82) is 0 Å². The van der Waals surface area contributed by atoms with Crippen LogP contribution in [0.2, 0.25) is 0 Å². The molecule has 8 nitrogen and oxygen atoms in total. The molecule has 2 unspecified atom stereocenters. The van der Waals surface area contributed by atoms with Crippen molar-refractivity contribution >= 4 is 17.6 Å². The molecule has 294 valence electrons. The van der Waals surface area contributed by atoms with Gasteiger partial charge >= 0.3 is 5.97 Å². The first-order valence-corrected chi connectivity index (χ1v) is 19.0. The van der Waals surface area contributed by atoms with Gasteiger partial charge in [0.05, 0.1) is 36.7 Å². The van der Waals surface area contributed by atoms with E-state index < -0.39 is 71.5 Å². The molecule has 0 spiro atoms. The van der Waals surface area contributed by atoms with Gasteiger partial charge < -0.3 is 28.8 Å². The van der Waals surface area contributed by atoms with Crippen LogP contribution in [-0.4, -0.2) is 40.0 Å². The number of amides is 1. The highest BCUT2D eigenvalue weighted by molar-refractivity contribution is 6.12. The molecule has 6 rings (SSSR count). The second-order valence-corrected chi connectivity index (χ2v) is 15.7. The molecule has 1 N–H and O–H groups in total. The highest BCUT2D eigenvalue weighted by Crippen LogP contribution is 2.43. The molecule has 0 saturated carbocycles. The van der Waals surface area contributed by atoms with Gasteiger partial charge in [-0.2, -0.15) is 0 Å². The molecule has 1 amide bonds. The van der Waals surface area contributed by atoms with Crippen molar-refractivity contribution in [3.05, 3.63) is 132 Å². The van der Waals surface area contributed by atoms with E-state index in [9.17, 15) is 14.0 Å². The number of aromatic nitrogens is 1. The Morgan fingerprint density at radius 1 is 0.929 bits per heavy atom. The highest BCUT2D eigenvalue weighted by Gasteiger charge is 2.38. The maximum Gasteiger partial charge on any atom is 0.308 e. The molecule has 9 heteroatoms. The number of benzene rings is 4. The third-order valence-electron chi connectivity index (χ3n) is 9.22. The first-order valence-electron chi connectivity index (χ1n) is 21.5. The van der Waals surface area contributed by atoms with E-state index in [2.05, 4.69) is 5.32 Å². The Morgan fingerprint density at radius 3 is 2.23 bits per heavy atom. The van der Waals surface area contributed by atoms with Crippen molar-refractivity contribution in [1.82, 2.24) is 4.57 Å². The smallest absolute Gasteiger partial charge is 0.308 e. The number of halogens is 1. The molecule has 1 aliphatic rings. The fourth-order valence-corrected chi connectivity index (χ4v) is 7.16. The van der Waals surface area contributed by atoms with Crippen LogP contribution in [0.5, 0.6) is 5.75 Å². The SMILES string of the molecule is [2H]c1c([2H])c([2H])c(-c2c(C(=O)Nc3ccc(OCc4ccccc4)cc3)c(C(C)C)n(CCC3CC(CC(=O)OC(C)(C)C)OC(C)(C)O3)c2-c2ccc(F)cc2)c([2H])c1[2H]. The predicted octanol–water partition coefficient (Wildman–Crippen LogP) is 10.9. The summed E-state index contributed by atoms with van der Waals surface area (Å²) in [5.41, 5.74) is 2.17. The number of carbonyl (C=O) groups is 2. The van der Waals surface area contributed by atoms with Crippen LogP contribution in [0.4, 0.5) is 10.1 Å². The lowest BCUT2D eigenvalue weighted by molar-refractivity contribution is -0.301. The van der Waals surface area contributed by atoms with Crippen LogP contribution >= 0.6 is 0 Å². The predicted molar refractivity (Wildman–Crippen MR) is 218 cm³/mol. The van der Waals surface area contributed by atoms with Gasteiger partial charge in [0.15, 0.2) is 5.79 Å². The summed E-state index contributed by atoms with van der Waals surface area (Å²) in [4.78, 5) is 27.8. The molecule has 1 saturated heterocycles. The molecular formula is C47H53FN2O6. The zero-order valence-corrected chi connectivity index (χ0v) is 33.0. The van der Waals surface area contributed by atoms with Crippen LogP contribution in [-0.2, 0) is 32.2 Å². The average molecular weight is 766 g/mol. The zero-order valence-electron chi connectivity index (χ0n) is 38.0. The number of carbonyl (C=O) groups excluding carboxylic acids is 2. The van der Waals surface area contributed by atoms with Crippen LogP contribution in [0, 0.1) is 5.82 Å². The summed E-state index contributed by atoms with van der Waals surface area (Å²) >= 11 is 0. The molecule has 4 aromatic carbocycles. The standard InChI is InChI=1S/C47H53FN2O6/c1-31(2)43-42(45(52)49-36-22-24-37(25-23-36)53-30-32-14-10-8-11-15-32)41(33-16-12-9-13-17-33)44(34-18-20-35(48)21-19-34)50(43)27-26-38-28-39(55-47(6,7)54-38)29-40(51)56-46(3,4)5/h8-25,31,38-39H,26-30H2,1-7H3,(H,49,52)/i9D,12D,13D,16D,17D. The first-order chi connectivity index (χ1) is 28.7. The highest BCUT2D eigenvalue weighted by atomic mass is 19.1. The van der Waals surface area contributed by atoms with Crippen molar-refractivity contribution < 1.29 is 39.8 Å².